The zero-order valence-electron chi connectivity index (χ0n) is 11.1. The molecule has 1 N–H and O–H groups in total. The van der Waals surface area contributed by atoms with Crippen molar-refractivity contribution in [2.75, 3.05) is 23.3 Å². The molecule has 0 bridgehead atoms. The Labute approximate surface area is 109 Å². The molecule has 2 rings (SSSR count). The van der Waals surface area contributed by atoms with E-state index in [0.29, 0.717) is 6.42 Å². The predicted molar refractivity (Wildman–Crippen MR) is 76.0 cm³/mol. The second-order valence-electron chi connectivity index (χ2n) is 4.80. The maximum absolute atomic E-state index is 12.3. The van der Waals surface area contributed by atoms with Crippen molar-refractivity contribution < 1.29 is 4.79 Å². The van der Waals surface area contributed by atoms with E-state index < -0.39 is 0 Å². The number of hydrogen-bond donors (Lipinski definition) is 1. The molecule has 0 aromatic heterocycles. The number of carbonyl (C=O) groups excluding carboxylic acids is 1. The summed E-state index contributed by atoms with van der Waals surface area (Å²) in [5, 5.41) is 3.38. The summed E-state index contributed by atoms with van der Waals surface area (Å²) in [6.45, 7) is 3.93. The van der Waals surface area contributed by atoms with Crippen molar-refractivity contribution in [2.24, 2.45) is 0 Å². The minimum absolute atomic E-state index is 0.264. The maximum atomic E-state index is 12.3. The van der Waals surface area contributed by atoms with Crippen LogP contribution >= 0.6 is 0 Å². The highest BCUT2D eigenvalue weighted by atomic mass is 16.2. The zero-order valence-corrected chi connectivity index (χ0v) is 11.1. The maximum Gasteiger partial charge on any atom is 0.227 e. The molecule has 98 valence electrons. The first-order valence-corrected chi connectivity index (χ1v) is 6.96. The minimum Gasteiger partial charge on any atom is -0.383 e. The lowest BCUT2D eigenvalue weighted by atomic mass is 10.1. The molecule has 0 spiro atoms. The number of nitrogens with one attached hydrogen (secondary N) is 1. The van der Waals surface area contributed by atoms with Crippen molar-refractivity contribution in [2.45, 2.75) is 39.0 Å². The number of carbonyl (C=O) groups is 1. The van der Waals surface area contributed by atoms with E-state index in [1.807, 2.05) is 29.2 Å². The van der Waals surface area contributed by atoms with Crippen LogP contribution in [-0.4, -0.2) is 19.0 Å². The summed E-state index contributed by atoms with van der Waals surface area (Å²) in [4.78, 5) is 14.2. The number of amides is 1. The van der Waals surface area contributed by atoms with Crippen molar-refractivity contribution in [3.05, 3.63) is 24.3 Å². The lowest BCUT2D eigenvalue weighted by Crippen LogP contribution is -2.31. The smallest absolute Gasteiger partial charge is 0.227 e. The van der Waals surface area contributed by atoms with Gasteiger partial charge in [0.25, 0.3) is 0 Å². The van der Waals surface area contributed by atoms with Gasteiger partial charge < -0.3 is 10.2 Å². The molecule has 1 aliphatic heterocycles. The van der Waals surface area contributed by atoms with E-state index in [9.17, 15) is 4.79 Å². The van der Waals surface area contributed by atoms with E-state index in [1.165, 1.54) is 0 Å². The van der Waals surface area contributed by atoms with Crippen LogP contribution in [0.2, 0.25) is 0 Å². The van der Waals surface area contributed by atoms with E-state index >= 15 is 0 Å². The Balaban J connectivity index is 2.09. The van der Waals surface area contributed by atoms with Crippen LogP contribution in [0.15, 0.2) is 24.3 Å². The molecule has 0 saturated carbocycles. The van der Waals surface area contributed by atoms with Gasteiger partial charge in [0, 0.05) is 19.5 Å². The van der Waals surface area contributed by atoms with Gasteiger partial charge in [-0.3, -0.25) is 4.79 Å². The third-order valence-electron chi connectivity index (χ3n) is 3.36. The SMILES string of the molecule is CCCCCC(=O)N1CCCNc2ccccc21. The number of anilines is 2. The molecule has 1 aromatic carbocycles. The number of hydrogen-bond acceptors (Lipinski definition) is 2. The van der Waals surface area contributed by atoms with Crippen LogP contribution in [0.5, 0.6) is 0 Å². The van der Waals surface area contributed by atoms with Gasteiger partial charge in [0.15, 0.2) is 0 Å². The van der Waals surface area contributed by atoms with Gasteiger partial charge in [-0.2, -0.15) is 0 Å². The molecule has 1 heterocycles. The third-order valence-corrected chi connectivity index (χ3v) is 3.36. The third kappa shape index (κ3) is 3.03. The molecule has 3 heteroatoms. The summed E-state index contributed by atoms with van der Waals surface area (Å²) >= 11 is 0. The molecule has 0 fully saturated rings. The van der Waals surface area contributed by atoms with Crippen molar-refractivity contribution in [3.63, 3.8) is 0 Å². The fourth-order valence-electron chi connectivity index (χ4n) is 2.36. The number of benzene rings is 1. The lowest BCUT2D eigenvalue weighted by molar-refractivity contribution is -0.118. The van der Waals surface area contributed by atoms with Crippen LogP contribution in [0.3, 0.4) is 0 Å². The standard InChI is InChI=1S/C15H22N2O/c1-2-3-4-10-15(18)17-12-7-11-16-13-8-5-6-9-14(13)17/h5-6,8-9,16H,2-4,7,10-12H2,1H3. The number of unbranched alkanes of at least 4 members (excludes halogenated alkanes) is 2. The topological polar surface area (TPSA) is 32.3 Å². The molecule has 0 aliphatic carbocycles. The van der Waals surface area contributed by atoms with Crippen molar-refractivity contribution >= 4 is 17.3 Å². The van der Waals surface area contributed by atoms with E-state index in [4.69, 9.17) is 0 Å². The summed E-state index contributed by atoms with van der Waals surface area (Å²) in [6, 6.07) is 8.09. The Morgan fingerprint density at radius 3 is 3.00 bits per heavy atom. The van der Waals surface area contributed by atoms with Crippen LogP contribution in [0.1, 0.15) is 39.0 Å². The zero-order chi connectivity index (χ0) is 12.8. The summed E-state index contributed by atoms with van der Waals surface area (Å²) in [5.41, 5.74) is 2.12. The van der Waals surface area contributed by atoms with Crippen molar-refractivity contribution in [3.8, 4) is 0 Å². The number of rotatable bonds is 4. The molecule has 1 aliphatic rings. The van der Waals surface area contributed by atoms with E-state index in [2.05, 4.69) is 12.2 Å². The summed E-state index contributed by atoms with van der Waals surface area (Å²) in [5.74, 6) is 0.264. The van der Waals surface area contributed by atoms with Gasteiger partial charge in [-0.15, -0.1) is 0 Å². The van der Waals surface area contributed by atoms with Crippen LogP contribution in [0.4, 0.5) is 11.4 Å². The van der Waals surface area contributed by atoms with Gasteiger partial charge in [-0.25, -0.2) is 0 Å². The second kappa shape index (κ2) is 6.43. The normalized spacial score (nSPS) is 14.6. The van der Waals surface area contributed by atoms with Gasteiger partial charge in [0.2, 0.25) is 5.91 Å². The highest BCUT2D eigenvalue weighted by Gasteiger charge is 2.19. The molecule has 0 unspecified atom stereocenters. The van der Waals surface area contributed by atoms with Gasteiger partial charge in [0.05, 0.1) is 11.4 Å². The number of para-hydroxylation sites is 2. The molecule has 3 nitrogen and oxygen atoms in total. The van der Waals surface area contributed by atoms with Gasteiger partial charge in [-0.1, -0.05) is 31.9 Å². The molecule has 1 amide bonds. The Morgan fingerprint density at radius 2 is 2.17 bits per heavy atom. The average Bonchev–Trinajstić information content (AvgIpc) is 2.61. The highest BCUT2D eigenvalue weighted by molar-refractivity contribution is 5.96. The first-order valence-electron chi connectivity index (χ1n) is 6.96. The van der Waals surface area contributed by atoms with Crippen LogP contribution in [-0.2, 0) is 4.79 Å². The van der Waals surface area contributed by atoms with Crippen molar-refractivity contribution in [1.29, 1.82) is 0 Å². The van der Waals surface area contributed by atoms with Gasteiger partial charge >= 0.3 is 0 Å². The largest absolute Gasteiger partial charge is 0.383 e. The molecular weight excluding hydrogens is 224 g/mol. The predicted octanol–water partition coefficient (Wildman–Crippen LogP) is 3.42. The molecule has 1 aromatic rings. The number of nitrogens with zero attached hydrogens (tertiary/aromatic N) is 1. The lowest BCUT2D eigenvalue weighted by Gasteiger charge is -2.22. The highest BCUT2D eigenvalue weighted by Crippen LogP contribution is 2.28. The Hall–Kier alpha value is -1.51. The quantitative estimate of drug-likeness (QED) is 0.826. The molecule has 0 atom stereocenters. The Morgan fingerprint density at radius 1 is 1.33 bits per heavy atom. The minimum atomic E-state index is 0.264. The fraction of sp³-hybridized carbons (Fsp3) is 0.533. The van der Waals surface area contributed by atoms with Crippen LogP contribution in [0, 0.1) is 0 Å². The molecule has 0 saturated heterocycles. The van der Waals surface area contributed by atoms with E-state index in [0.717, 1.165) is 50.1 Å². The van der Waals surface area contributed by atoms with Crippen LogP contribution in [0.25, 0.3) is 0 Å². The Bertz CT molecular complexity index is 403. The Kier molecular flexibility index (Phi) is 4.62. The second-order valence-corrected chi connectivity index (χ2v) is 4.80. The first-order chi connectivity index (χ1) is 8.83. The van der Waals surface area contributed by atoms with Gasteiger partial charge in [-0.05, 0) is 25.0 Å². The molecule has 0 radical (unpaired) electrons. The average molecular weight is 246 g/mol. The summed E-state index contributed by atoms with van der Waals surface area (Å²) < 4.78 is 0. The first kappa shape index (κ1) is 12.9. The fourth-order valence-corrected chi connectivity index (χ4v) is 2.36. The summed E-state index contributed by atoms with van der Waals surface area (Å²) in [6.07, 6.45) is 4.97. The van der Waals surface area contributed by atoms with E-state index in [1.54, 1.807) is 0 Å². The summed E-state index contributed by atoms with van der Waals surface area (Å²) in [7, 11) is 0. The molecule has 18 heavy (non-hydrogen) atoms. The monoisotopic (exact) mass is 246 g/mol. The van der Waals surface area contributed by atoms with E-state index in [-0.39, 0.29) is 5.91 Å². The van der Waals surface area contributed by atoms with Gasteiger partial charge in [0.1, 0.15) is 0 Å². The van der Waals surface area contributed by atoms with Crippen LogP contribution < -0.4 is 10.2 Å². The van der Waals surface area contributed by atoms with Crippen molar-refractivity contribution in [1.82, 2.24) is 0 Å². The number of fused-ring (bicyclic) bond motifs is 1. The molecular formula is C15H22N2O.